The van der Waals surface area contributed by atoms with Crippen LogP contribution in [0.3, 0.4) is 0 Å². The van der Waals surface area contributed by atoms with Gasteiger partial charge in [-0.05, 0) is 26.0 Å². The van der Waals surface area contributed by atoms with Crippen molar-refractivity contribution >= 4 is 17.5 Å². The van der Waals surface area contributed by atoms with Crippen molar-refractivity contribution in [1.29, 1.82) is 0 Å². The van der Waals surface area contributed by atoms with Crippen LogP contribution in [-0.2, 0) is 4.84 Å². The number of nitrogens with zero attached hydrogens (tertiary/aromatic N) is 1. The molecule has 16 heavy (non-hydrogen) atoms. The molecule has 0 heterocycles. The molecule has 0 aromatic heterocycles. The van der Waals surface area contributed by atoms with Gasteiger partial charge >= 0.3 is 6.09 Å². The zero-order chi connectivity index (χ0) is 12.0. The summed E-state index contributed by atoms with van der Waals surface area (Å²) in [4.78, 5) is 15.8. The Morgan fingerprint density at radius 1 is 1.44 bits per heavy atom. The third-order valence-electron chi connectivity index (χ3n) is 1.88. The summed E-state index contributed by atoms with van der Waals surface area (Å²) < 4.78 is 0. The van der Waals surface area contributed by atoms with Crippen molar-refractivity contribution in [2.24, 2.45) is 10.9 Å². The average Bonchev–Trinajstić information content (AvgIpc) is 2.29. The van der Waals surface area contributed by atoms with E-state index in [1.165, 1.54) is 0 Å². The topological polar surface area (TPSA) is 76.7 Å². The van der Waals surface area contributed by atoms with Crippen molar-refractivity contribution < 1.29 is 9.63 Å². The first kappa shape index (κ1) is 12.2. The van der Waals surface area contributed by atoms with Crippen LogP contribution in [0.5, 0.6) is 0 Å². The molecule has 0 atom stereocenters. The van der Waals surface area contributed by atoms with Gasteiger partial charge in [-0.1, -0.05) is 22.9 Å². The van der Waals surface area contributed by atoms with Crippen LogP contribution in [0.25, 0.3) is 0 Å². The van der Waals surface area contributed by atoms with Crippen molar-refractivity contribution in [2.45, 2.75) is 13.8 Å². The fourth-order valence-electron chi connectivity index (χ4n) is 0.934. The van der Waals surface area contributed by atoms with Gasteiger partial charge in [0.1, 0.15) is 0 Å². The van der Waals surface area contributed by atoms with Crippen LogP contribution >= 0.6 is 0 Å². The molecule has 0 radical (unpaired) electrons. The minimum Gasteiger partial charge on any atom is -0.325 e. The van der Waals surface area contributed by atoms with E-state index in [-0.39, 0.29) is 6.54 Å². The van der Waals surface area contributed by atoms with Gasteiger partial charge in [-0.25, -0.2) is 4.79 Å². The highest BCUT2D eigenvalue weighted by Gasteiger charge is 2.02. The van der Waals surface area contributed by atoms with E-state index in [9.17, 15) is 4.79 Å². The first-order valence-corrected chi connectivity index (χ1v) is 4.90. The predicted octanol–water partition coefficient (Wildman–Crippen LogP) is 1.88. The van der Waals surface area contributed by atoms with Crippen molar-refractivity contribution in [3.8, 4) is 0 Å². The molecule has 0 fully saturated rings. The van der Waals surface area contributed by atoms with Gasteiger partial charge in [-0.15, -0.1) is 0 Å². The van der Waals surface area contributed by atoms with Crippen LogP contribution in [0.4, 0.5) is 10.5 Å². The molecule has 5 nitrogen and oxygen atoms in total. The number of aryl methyl sites for hydroxylation is 1. The first-order valence-electron chi connectivity index (χ1n) is 4.90. The maximum Gasteiger partial charge on any atom is 0.437 e. The molecule has 0 unspecified atom stereocenters. The number of hydrogen-bond acceptors (Lipinski definition) is 4. The van der Waals surface area contributed by atoms with Crippen LogP contribution in [0, 0.1) is 6.92 Å². The molecule has 1 aromatic carbocycles. The molecule has 3 N–H and O–H groups in total. The van der Waals surface area contributed by atoms with Crippen LogP contribution < -0.4 is 11.1 Å². The van der Waals surface area contributed by atoms with Gasteiger partial charge in [0.2, 0.25) is 0 Å². The molecule has 0 bridgehead atoms. The van der Waals surface area contributed by atoms with Crippen molar-refractivity contribution in [2.75, 3.05) is 11.9 Å². The number of anilines is 1. The normalized spacial score (nSPS) is 11.1. The Kier molecular flexibility index (Phi) is 4.47. The molecular weight excluding hydrogens is 206 g/mol. The number of carbonyl (C=O) groups excluding carboxylic acids is 1. The molecule has 1 aromatic rings. The number of nitrogens with one attached hydrogen (secondary N) is 1. The van der Waals surface area contributed by atoms with Gasteiger partial charge in [-0.2, -0.15) is 0 Å². The zero-order valence-corrected chi connectivity index (χ0v) is 9.36. The van der Waals surface area contributed by atoms with Crippen LogP contribution in [0.2, 0.25) is 0 Å². The molecule has 0 aliphatic rings. The summed E-state index contributed by atoms with van der Waals surface area (Å²) >= 11 is 0. The molecule has 0 saturated heterocycles. The second-order valence-electron chi connectivity index (χ2n) is 3.40. The number of benzene rings is 1. The molecule has 5 heteroatoms. The molecule has 1 rings (SSSR count). The van der Waals surface area contributed by atoms with Crippen LogP contribution in [0.1, 0.15) is 12.5 Å². The quantitative estimate of drug-likeness (QED) is 0.464. The summed E-state index contributed by atoms with van der Waals surface area (Å²) in [6.07, 6.45) is -0.628. The highest BCUT2D eigenvalue weighted by molar-refractivity contribution is 5.87. The first-order chi connectivity index (χ1) is 7.61. The Hall–Kier alpha value is -1.88. The third kappa shape index (κ3) is 4.10. The number of oxime groups is 1. The summed E-state index contributed by atoms with van der Waals surface area (Å²) in [6, 6.07) is 7.36. The third-order valence-corrected chi connectivity index (χ3v) is 1.88. The maximum atomic E-state index is 11.2. The summed E-state index contributed by atoms with van der Waals surface area (Å²) in [5.74, 6) is 0. The standard InChI is InChI=1S/C11H15N3O2/c1-8-3-5-10(6-4-8)13-11(15)16-14-9(2)7-12/h3-6H,7,12H2,1-2H3,(H,13,15). The van der Waals surface area contributed by atoms with Gasteiger partial charge in [-0.3, -0.25) is 10.2 Å². The Labute approximate surface area is 94.3 Å². The number of rotatable bonds is 3. The van der Waals surface area contributed by atoms with Gasteiger partial charge < -0.3 is 5.73 Å². The SMILES string of the molecule is CC(CN)=NOC(=O)Nc1ccc(C)cc1. The minimum atomic E-state index is -0.628. The van der Waals surface area contributed by atoms with E-state index in [4.69, 9.17) is 5.73 Å². The maximum absolute atomic E-state index is 11.2. The van der Waals surface area contributed by atoms with Gasteiger partial charge in [0, 0.05) is 12.2 Å². The second kappa shape index (κ2) is 5.87. The van der Waals surface area contributed by atoms with E-state index >= 15 is 0 Å². The highest BCUT2D eigenvalue weighted by atomic mass is 16.7. The van der Waals surface area contributed by atoms with Gasteiger partial charge in [0.25, 0.3) is 0 Å². The summed E-state index contributed by atoms with van der Waals surface area (Å²) in [5, 5.41) is 6.08. The Morgan fingerprint density at radius 2 is 2.06 bits per heavy atom. The number of hydrogen-bond donors (Lipinski definition) is 2. The van der Waals surface area contributed by atoms with Crippen molar-refractivity contribution in [3.05, 3.63) is 29.8 Å². The van der Waals surface area contributed by atoms with Crippen LogP contribution in [0.15, 0.2) is 29.4 Å². The predicted molar refractivity (Wildman–Crippen MR) is 63.4 cm³/mol. The molecule has 1 amide bonds. The van der Waals surface area contributed by atoms with E-state index in [1.807, 2.05) is 19.1 Å². The van der Waals surface area contributed by atoms with E-state index in [1.54, 1.807) is 19.1 Å². The fourth-order valence-corrected chi connectivity index (χ4v) is 0.934. The fraction of sp³-hybridized carbons (Fsp3) is 0.273. The average molecular weight is 221 g/mol. The molecule has 0 aliphatic heterocycles. The van der Waals surface area contributed by atoms with Crippen molar-refractivity contribution in [3.63, 3.8) is 0 Å². The van der Waals surface area contributed by atoms with Gasteiger partial charge in [0.15, 0.2) is 0 Å². The zero-order valence-electron chi connectivity index (χ0n) is 9.36. The van der Waals surface area contributed by atoms with E-state index in [0.29, 0.717) is 11.4 Å². The molecule has 0 aliphatic carbocycles. The van der Waals surface area contributed by atoms with Crippen LogP contribution in [-0.4, -0.2) is 18.3 Å². The van der Waals surface area contributed by atoms with E-state index in [2.05, 4.69) is 15.3 Å². The minimum absolute atomic E-state index is 0.262. The lowest BCUT2D eigenvalue weighted by Crippen LogP contribution is -2.14. The molecule has 0 saturated carbocycles. The van der Waals surface area contributed by atoms with E-state index < -0.39 is 6.09 Å². The summed E-state index contributed by atoms with van der Waals surface area (Å²) in [6.45, 7) is 3.91. The van der Waals surface area contributed by atoms with E-state index in [0.717, 1.165) is 5.56 Å². The number of carbonyl (C=O) groups is 1. The smallest absolute Gasteiger partial charge is 0.325 e. The highest BCUT2D eigenvalue weighted by Crippen LogP contribution is 2.08. The molecule has 0 spiro atoms. The lowest BCUT2D eigenvalue weighted by Gasteiger charge is -2.03. The van der Waals surface area contributed by atoms with Gasteiger partial charge in [0.05, 0.1) is 5.71 Å². The Balaban J connectivity index is 2.49. The lowest BCUT2D eigenvalue weighted by atomic mass is 10.2. The number of nitrogens with two attached hydrogens (primary N) is 1. The molecule has 86 valence electrons. The molecular formula is C11H15N3O2. The Morgan fingerprint density at radius 3 is 2.62 bits per heavy atom. The Bertz CT molecular complexity index is 385. The summed E-state index contributed by atoms with van der Waals surface area (Å²) in [5.41, 5.74) is 7.62. The number of amides is 1. The largest absolute Gasteiger partial charge is 0.437 e. The monoisotopic (exact) mass is 221 g/mol. The van der Waals surface area contributed by atoms with Crippen molar-refractivity contribution in [1.82, 2.24) is 0 Å². The lowest BCUT2D eigenvalue weighted by molar-refractivity contribution is 0.166. The second-order valence-corrected chi connectivity index (χ2v) is 3.40. The summed E-state index contributed by atoms with van der Waals surface area (Å²) in [7, 11) is 0.